The van der Waals surface area contributed by atoms with Crippen molar-refractivity contribution in [1.29, 1.82) is 5.41 Å². The first-order valence-electron chi connectivity index (χ1n) is 6.93. The van der Waals surface area contributed by atoms with Crippen LogP contribution in [0.25, 0.3) is 0 Å². The number of amidine groups is 1. The highest BCUT2D eigenvalue weighted by Crippen LogP contribution is 2.30. The molecule has 0 amide bonds. The quantitative estimate of drug-likeness (QED) is 0.655. The monoisotopic (exact) mass is 323 g/mol. The fraction of sp³-hybridized carbons (Fsp3) is 0.533. The van der Waals surface area contributed by atoms with Gasteiger partial charge in [0.05, 0.1) is 5.56 Å². The number of nitrogens with two attached hydrogens (primary N) is 1. The summed E-state index contributed by atoms with van der Waals surface area (Å²) in [5.41, 5.74) is 7.57. The Hall–Kier alpha value is -1.03. The Morgan fingerprint density at radius 3 is 2.68 bits per heavy atom. The summed E-state index contributed by atoms with van der Waals surface area (Å²) >= 11 is 3.49. The molecule has 1 aliphatic rings. The van der Waals surface area contributed by atoms with Crippen molar-refractivity contribution in [3.05, 3.63) is 28.2 Å². The van der Waals surface area contributed by atoms with E-state index in [9.17, 15) is 0 Å². The van der Waals surface area contributed by atoms with Crippen molar-refractivity contribution in [2.75, 3.05) is 18.5 Å². The first-order valence-corrected chi connectivity index (χ1v) is 7.73. The smallest absolute Gasteiger partial charge is 0.126 e. The van der Waals surface area contributed by atoms with E-state index in [0.717, 1.165) is 28.2 Å². The molecule has 1 aromatic rings. The second-order valence-corrected chi connectivity index (χ2v) is 6.29. The van der Waals surface area contributed by atoms with Crippen LogP contribution in [-0.2, 0) is 0 Å². The normalized spacial score (nSPS) is 16.3. The van der Waals surface area contributed by atoms with Gasteiger partial charge in [0.15, 0.2) is 0 Å². The van der Waals surface area contributed by atoms with Crippen molar-refractivity contribution in [3.8, 4) is 0 Å². The Labute approximate surface area is 123 Å². The number of halogens is 1. The Morgan fingerprint density at radius 1 is 1.37 bits per heavy atom. The maximum absolute atomic E-state index is 7.75. The Balaban J connectivity index is 2.16. The molecule has 1 aromatic carbocycles. The Bertz CT molecular complexity index is 453. The summed E-state index contributed by atoms with van der Waals surface area (Å²) in [5, 5.41) is 7.75. The van der Waals surface area contributed by atoms with Gasteiger partial charge < -0.3 is 10.6 Å². The summed E-state index contributed by atoms with van der Waals surface area (Å²) in [6.07, 6.45) is 6.75. The predicted octanol–water partition coefficient (Wildman–Crippen LogP) is 3.75. The maximum Gasteiger partial charge on any atom is 0.126 e. The van der Waals surface area contributed by atoms with Gasteiger partial charge in [0, 0.05) is 23.8 Å². The third-order valence-electron chi connectivity index (χ3n) is 3.93. The summed E-state index contributed by atoms with van der Waals surface area (Å²) in [6.45, 7) is 1.05. The highest BCUT2D eigenvalue weighted by atomic mass is 79.9. The zero-order chi connectivity index (χ0) is 13.8. The van der Waals surface area contributed by atoms with E-state index in [1.54, 1.807) is 0 Å². The fourth-order valence-electron chi connectivity index (χ4n) is 2.95. The molecule has 3 nitrogen and oxygen atoms in total. The van der Waals surface area contributed by atoms with E-state index < -0.39 is 0 Å². The zero-order valence-electron chi connectivity index (χ0n) is 11.5. The molecule has 4 heteroatoms. The summed E-state index contributed by atoms with van der Waals surface area (Å²) in [7, 11) is 2.10. The molecule has 1 saturated carbocycles. The number of rotatable bonds is 4. The number of anilines is 1. The van der Waals surface area contributed by atoms with Crippen LogP contribution in [0.2, 0.25) is 0 Å². The van der Waals surface area contributed by atoms with Crippen LogP contribution in [-0.4, -0.2) is 19.4 Å². The molecule has 19 heavy (non-hydrogen) atoms. The van der Waals surface area contributed by atoms with Gasteiger partial charge >= 0.3 is 0 Å². The zero-order valence-corrected chi connectivity index (χ0v) is 13.0. The standard InChI is InChI=1S/C15H22BrN3/c1-19(10-11-6-3-2-4-7-11)13-9-5-8-12(16)14(13)15(17)18/h5,8-9,11H,2-4,6-7,10H2,1H3,(H3,17,18). The van der Waals surface area contributed by atoms with E-state index in [1.165, 1.54) is 32.1 Å². The van der Waals surface area contributed by atoms with Crippen LogP contribution >= 0.6 is 15.9 Å². The van der Waals surface area contributed by atoms with Crippen molar-refractivity contribution in [2.45, 2.75) is 32.1 Å². The topological polar surface area (TPSA) is 53.1 Å². The van der Waals surface area contributed by atoms with E-state index in [2.05, 4.69) is 27.9 Å². The highest BCUT2D eigenvalue weighted by molar-refractivity contribution is 9.10. The van der Waals surface area contributed by atoms with Crippen LogP contribution in [0.15, 0.2) is 22.7 Å². The number of nitrogens with zero attached hydrogens (tertiary/aromatic N) is 1. The molecule has 0 unspecified atom stereocenters. The maximum atomic E-state index is 7.75. The van der Waals surface area contributed by atoms with Gasteiger partial charge in [-0.2, -0.15) is 0 Å². The summed E-state index contributed by atoms with van der Waals surface area (Å²) in [6, 6.07) is 5.99. The molecule has 0 aliphatic heterocycles. The van der Waals surface area contributed by atoms with E-state index in [0.29, 0.717) is 0 Å². The van der Waals surface area contributed by atoms with Crippen LogP contribution in [0, 0.1) is 11.3 Å². The first-order chi connectivity index (χ1) is 9.09. The second kappa shape index (κ2) is 6.42. The predicted molar refractivity (Wildman–Crippen MR) is 85.0 cm³/mol. The summed E-state index contributed by atoms with van der Waals surface area (Å²) in [4.78, 5) is 2.25. The molecule has 0 atom stereocenters. The molecule has 1 fully saturated rings. The van der Waals surface area contributed by atoms with Gasteiger partial charge in [-0.25, -0.2) is 0 Å². The van der Waals surface area contributed by atoms with Crippen LogP contribution < -0.4 is 10.6 Å². The lowest BCUT2D eigenvalue weighted by Crippen LogP contribution is -2.29. The van der Waals surface area contributed by atoms with Crippen LogP contribution in [0.5, 0.6) is 0 Å². The molecule has 0 saturated heterocycles. The van der Waals surface area contributed by atoms with Crippen molar-refractivity contribution >= 4 is 27.5 Å². The molecule has 0 spiro atoms. The number of benzene rings is 1. The molecule has 0 aromatic heterocycles. The molecule has 0 radical (unpaired) electrons. The van der Waals surface area contributed by atoms with Crippen molar-refractivity contribution in [1.82, 2.24) is 0 Å². The molecular formula is C15H22BrN3. The molecule has 104 valence electrons. The van der Waals surface area contributed by atoms with Crippen LogP contribution in [0.1, 0.15) is 37.7 Å². The first kappa shape index (κ1) is 14.4. The molecule has 0 heterocycles. The van der Waals surface area contributed by atoms with Gasteiger partial charge in [-0.1, -0.05) is 25.3 Å². The second-order valence-electron chi connectivity index (χ2n) is 5.43. The Kier molecular flexibility index (Phi) is 4.86. The van der Waals surface area contributed by atoms with Crippen LogP contribution in [0.3, 0.4) is 0 Å². The van der Waals surface area contributed by atoms with Gasteiger partial charge in [-0.3, -0.25) is 5.41 Å². The third-order valence-corrected chi connectivity index (χ3v) is 4.59. The number of hydrogen-bond acceptors (Lipinski definition) is 2. The van der Waals surface area contributed by atoms with Crippen molar-refractivity contribution in [2.24, 2.45) is 11.7 Å². The number of nitrogen functional groups attached to an aromatic ring is 1. The largest absolute Gasteiger partial charge is 0.384 e. The molecular weight excluding hydrogens is 302 g/mol. The molecule has 2 rings (SSSR count). The molecule has 3 N–H and O–H groups in total. The SMILES string of the molecule is CN(CC1CCCCC1)c1cccc(Br)c1C(=N)N. The van der Waals surface area contributed by atoms with Gasteiger partial charge in [0.25, 0.3) is 0 Å². The number of nitrogens with one attached hydrogen (secondary N) is 1. The highest BCUT2D eigenvalue weighted by Gasteiger charge is 2.18. The molecule has 1 aliphatic carbocycles. The minimum absolute atomic E-state index is 0.123. The summed E-state index contributed by atoms with van der Waals surface area (Å²) < 4.78 is 0.896. The van der Waals surface area contributed by atoms with E-state index in [-0.39, 0.29) is 5.84 Å². The van der Waals surface area contributed by atoms with E-state index >= 15 is 0 Å². The van der Waals surface area contributed by atoms with Gasteiger partial charge in [0.1, 0.15) is 5.84 Å². The Morgan fingerprint density at radius 2 is 2.05 bits per heavy atom. The fourth-order valence-corrected chi connectivity index (χ4v) is 3.52. The number of hydrogen-bond donors (Lipinski definition) is 2. The average molecular weight is 324 g/mol. The summed E-state index contributed by atoms with van der Waals surface area (Å²) in [5.74, 6) is 0.899. The van der Waals surface area contributed by atoms with Gasteiger partial charge in [-0.05, 0) is 46.8 Å². The van der Waals surface area contributed by atoms with Gasteiger partial charge in [0.2, 0.25) is 0 Å². The molecule has 0 bridgehead atoms. The lowest BCUT2D eigenvalue weighted by atomic mass is 9.89. The van der Waals surface area contributed by atoms with E-state index in [1.807, 2.05) is 18.2 Å². The lowest BCUT2D eigenvalue weighted by molar-refractivity contribution is 0.362. The van der Waals surface area contributed by atoms with Gasteiger partial charge in [-0.15, -0.1) is 0 Å². The van der Waals surface area contributed by atoms with Crippen molar-refractivity contribution in [3.63, 3.8) is 0 Å². The van der Waals surface area contributed by atoms with Crippen LogP contribution in [0.4, 0.5) is 5.69 Å². The minimum atomic E-state index is 0.123. The third kappa shape index (κ3) is 3.50. The van der Waals surface area contributed by atoms with E-state index in [4.69, 9.17) is 11.1 Å². The average Bonchev–Trinajstić information content (AvgIpc) is 2.39. The lowest BCUT2D eigenvalue weighted by Gasteiger charge is -2.29. The minimum Gasteiger partial charge on any atom is -0.384 e. The van der Waals surface area contributed by atoms with Crippen molar-refractivity contribution < 1.29 is 0 Å².